The number of rotatable bonds is 1. The van der Waals surface area contributed by atoms with Crippen molar-refractivity contribution in [2.45, 2.75) is 6.42 Å². The topological polar surface area (TPSA) is 37.4 Å². The van der Waals surface area contributed by atoms with Crippen molar-refractivity contribution in [3.8, 4) is 0 Å². The predicted molar refractivity (Wildman–Crippen MR) is 86.5 cm³/mol. The van der Waals surface area contributed by atoms with Crippen molar-refractivity contribution in [2.24, 2.45) is 0 Å². The van der Waals surface area contributed by atoms with E-state index in [0.29, 0.717) is 18.5 Å². The predicted octanol–water partition coefficient (Wildman–Crippen LogP) is 3.37. The molecule has 100 valence electrons. The van der Waals surface area contributed by atoms with Gasteiger partial charge in [-0.15, -0.1) is 0 Å². The number of hydrogen-bond donors (Lipinski definition) is 0. The first-order chi connectivity index (χ1) is 9.66. The van der Waals surface area contributed by atoms with Crippen molar-refractivity contribution >= 4 is 45.1 Å². The minimum atomic E-state index is -0.0463. The molecule has 0 spiro atoms. The van der Waals surface area contributed by atoms with E-state index >= 15 is 0 Å². The number of carbonyl (C=O) groups excluding carboxylic acids is 2. The maximum atomic E-state index is 12.7. The van der Waals surface area contributed by atoms with Gasteiger partial charge in [-0.2, -0.15) is 0 Å². The highest BCUT2D eigenvalue weighted by Crippen LogP contribution is 2.25. The molecule has 1 aliphatic heterocycles. The van der Waals surface area contributed by atoms with Crippen LogP contribution in [-0.2, 0) is 4.79 Å². The van der Waals surface area contributed by atoms with Crippen LogP contribution in [0.5, 0.6) is 0 Å². The standard InChI is InChI=1S/C16H12INO2/c17-14-6-5-11-3-1-2-4-13(11)15(14)16(20)18-9-7-12(19)8-10-18/h1-7,9H,8,10H2. The van der Waals surface area contributed by atoms with E-state index in [0.717, 1.165) is 14.3 Å². The van der Waals surface area contributed by atoms with E-state index in [2.05, 4.69) is 22.6 Å². The third-order valence-corrected chi connectivity index (χ3v) is 4.29. The van der Waals surface area contributed by atoms with Crippen molar-refractivity contribution in [3.63, 3.8) is 0 Å². The molecule has 1 aliphatic rings. The number of halogens is 1. The van der Waals surface area contributed by atoms with Crippen LogP contribution in [0.2, 0.25) is 0 Å². The minimum absolute atomic E-state index is 0.0463. The number of nitrogens with zero attached hydrogens (tertiary/aromatic N) is 1. The quantitative estimate of drug-likeness (QED) is 0.715. The number of benzene rings is 2. The molecule has 0 unspecified atom stereocenters. The molecule has 3 rings (SSSR count). The first kappa shape index (κ1) is 13.3. The monoisotopic (exact) mass is 377 g/mol. The second-order valence-corrected chi connectivity index (χ2v) is 5.84. The van der Waals surface area contributed by atoms with E-state index in [1.54, 1.807) is 11.1 Å². The summed E-state index contributed by atoms with van der Waals surface area (Å²) in [7, 11) is 0. The fraction of sp³-hybridized carbons (Fsp3) is 0.125. The maximum Gasteiger partial charge on any atom is 0.259 e. The summed E-state index contributed by atoms with van der Waals surface area (Å²) in [5.74, 6) is 0.0246. The van der Waals surface area contributed by atoms with Crippen LogP contribution in [0, 0.1) is 3.57 Å². The highest BCUT2D eigenvalue weighted by atomic mass is 127. The summed E-state index contributed by atoms with van der Waals surface area (Å²) < 4.78 is 0.927. The Balaban J connectivity index is 2.09. The molecule has 0 aliphatic carbocycles. The summed E-state index contributed by atoms with van der Waals surface area (Å²) in [6.07, 6.45) is 3.45. The van der Waals surface area contributed by atoms with Gasteiger partial charge in [-0.3, -0.25) is 9.59 Å². The molecular formula is C16H12INO2. The lowest BCUT2D eigenvalue weighted by Crippen LogP contribution is -2.31. The average Bonchev–Trinajstić information content (AvgIpc) is 2.47. The van der Waals surface area contributed by atoms with Crippen molar-refractivity contribution in [1.29, 1.82) is 0 Å². The van der Waals surface area contributed by atoms with Gasteiger partial charge < -0.3 is 4.90 Å². The second kappa shape index (κ2) is 5.36. The molecule has 0 bridgehead atoms. The van der Waals surface area contributed by atoms with E-state index in [1.807, 2.05) is 36.4 Å². The highest BCUT2D eigenvalue weighted by molar-refractivity contribution is 14.1. The van der Waals surface area contributed by atoms with Gasteiger partial charge in [0.1, 0.15) is 0 Å². The zero-order valence-corrected chi connectivity index (χ0v) is 12.8. The molecule has 3 nitrogen and oxygen atoms in total. The van der Waals surface area contributed by atoms with E-state index < -0.39 is 0 Å². The molecule has 0 fully saturated rings. The maximum absolute atomic E-state index is 12.7. The molecule has 0 N–H and O–H groups in total. The van der Waals surface area contributed by atoms with Crippen LogP contribution in [0.4, 0.5) is 0 Å². The number of ketones is 1. The number of allylic oxidation sites excluding steroid dienone is 1. The third-order valence-electron chi connectivity index (χ3n) is 3.39. The number of amides is 1. The zero-order chi connectivity index (χ0) is 14.1. The summed E-state index contributed by atoms with van der Waals surface area (Å²) in [4.78, 5) is 25.5. The molecule has 1 heterocycles. The van der Waals surface area contributed by atoms with Gasteiger partial charge in [0, 0.05) is 22.7 Å². The summed E-state index contributed by atoms with van der Waals surface area (Å²) in [5, 5.41) is 2.00. The fourth-order valence-electron chi connectivity index (χ4n) is 2.34. The van der Waals surface area contributed by atoms with Crippen molar-refractivity contribution in [1.82, 2.24) is 4.90 Å². The van der Waals surface area contributed by atoms with E-state index in [-0.39, 0.29) is 11.7 Å². The zero-order valence-electron chi connectivity index (χ0n) is 10.7. The third kappa shape index (κ3) is 2.35. The van der Waals surface area contributed by atoms with Crippen LogP contribution in [0.3, 0.4) is 0 Å². The number of fused-ring (bicyclic) bond motifs is 1. The lowest BCUT2D eigenvalue weighted by atomic mass is 10.0. The average molecular weight is 377 g/mol. The second-order valence-electron chi connectivity index (χ2n) is 4.67. The lowest BCUT2D eigenvalue weighted by Gasteiger charge is -2.22. The van der Waals surface area contributed by atoms with Crippen LogP contribution in [0.15, 0.2) is 48.7 Å². The van der Waals surface area contributed by atoms with Gasteiger partial charge >= 0.3 is 0 Å². The first-order valence-corrected chi connectivity index (χ1v) is 7.44. The van der Waals surface area contributed by atoms with Crippen LogP contribution < -0.4 is 0 Å². The Hall–Kier alpha value is -1.69. The molecule has 4 heteroatoms. The molecule has 0 atom stereocenters. The Kier molecular flexibility index (Phi) is 3.56. The number of hydrogen-bond acceptors (Lipinski definition) is 2. The van der Waals surface area contributed by atoms with E-state index in [1.165, 1.54) is 6.08 Å². The Labute approximate surface area is 130 Å². The summed E-state index contributed by atoms with van der Waals surface area (Å²) in [6.45, 7) is 0.452. The Morgan fingerprint density at radius 3 is 2.70 bits per heavy atom. The molecule has 20 heavy (non-hydrogen) atoms. The Morgan fingerprint density at radius 1 is 1.15 bits per heavy atom. The summed E-state index contributed by atoms with van der Waals surface area (Å²) in [5.41, 5.74) is 0.711. The van der Waals surface area contributed by atoms with Gasteiger partial charge in [-0.1, -0.05) is 30.3 Å². The molecule has 0 aromatic heterocycles. The van der Waals surface area contributed by atoms with Gasteiger partial charge in [-0.25, -0.2) is 0 Å². The molecule has 0 saturated heterocycles. The summed E-state index contributed by atoms with van der Waals surface area (Å²) in [6, 6.07) is 11.8. The minimum Gasteiger partial charge on any atom is -0.314 e. The fourth-order valence-corrected chi connectivity index (χ4v) is 3.04. The van der Waals surface area contributed by atoms with Crippen LogP contribution >= 0.6 is 22.6 Å². The lowest BCUT2D eigenvalue weighted by molar-refractivity contribution is -0.115. The van der Waals surface area contributed by atoms with Crippen LogP contribution in [0.1, 0.15) is 16.8 Å². The Bertz CT molecular complexity index is 736. The van der Waals surface area contributed by atoms with Crippen LogP contribution in [-0.4, -0.2) is 23.1 Å². The van der Waals surface area contributed by atoms with Gasteiger partial charge in [0.15, 0.2) is 5.78 Å². The van der Waals surface area contributed by atoms with Gasteiger partial charge in [0.25, 0.3) is 5.91 Å². The Morgan fingerprint density at radius 2 is 1.95 bits per heavy atom. The molecule has 0 radical (unpaired) electrons. The first-order valence-electron chi connectivity index (χ1n) is 6.36. The number of carbonyl (C=O) groups is 2. The molecule has 2 aromatic rings. The van der Waals surface area contributed by atoms with Gasteiger partial charge in [-0.05, 0) is 45.5 Å². The molecule has 0 saturated carbocycles. The van der Waals surface area contributed by atoms with E-state index in [4.69, 9.17) is 0 Å². The summed E-state index contributed by atoms with van der Waals surface area (Å²) >= 11 is 2.19. The van der Waals surface area contributed by atoms with Crippen molar-refractivity contribution < 1.29 is 9.59 Å². The van der Waals surface area contributed by atoms with Gasteiger partial charge in [0.05, 0.1) is 5.56 Å². The molecular weight excluding hydrogens is 365 g/mol. The van der Waals surface area contributed by atoms with Crippen molar-refractivity contribution in [2.75, 3.05) is 6.54 Å². The normalized spacial score (nSPS) is 14.8. The largest absolute Gasteiger partial charge is 0.314 e. The van der Waals surface area contributed by atoms with Gasteiger partial charge in [0.2, 0.25) is 0 Å². The molecule has 1 amide bonds. The molecule has 2 aromatic carbocycles. The van der Waals surface area contributed by atoms with Crippen molar-refractivity contribution in [3.05, 3.63) is 57.8 Å². The van der Waals surface area contributed by atoms with Crippen LogP contribution in [0.25, 0.3) is 10.8 Å². The smallest absolute Gasteiger partial charge is 0.259 e. The van der Waals surface area contributed by atoms with E-state index in [9.17, 15) is 9.59 Å². The SMILES string of the molecule is O=C1C=CN(C(=O)c2c(I)ccc3ccccc23)CC1. The highest BCUT2D eigenvalue weighted by Gasteiger charge is 2.21.